The molecule has 7 aromatic rings. The summed E-state index contributed by atoms with van der Waals surface area (Å²) < 4.78 is 5.27. The second-order valence-electron chi connectivity index (χ2n) is 15.3. The van der Waals surface area contributed by atoms with Crippen LogP contribution in [-0.4, -0.2) is 10.6 Å². The average molecular weight is 691 g/mol. The molecule has 0 saturated carbocycles. The van der Waals surface area contributed by atoms with E-state index in [1.54, 1.807) is 0 Å². The predicted molar refractivity (Wildman–Crippen MR) is 225 cm³/mol. The van der Waals surface area contributed by atoms with Crippen molar-refractivity contribution in [3.63, 3.8) is 0 Å². The van der Waals surface area contributed by atoms with E-state index in [-0.39, 0.29) is 5.41 Å². The van der Waals surface area contributed by atoms with Gasteiger partial charge in [0.1, 0.15) is 0 Å². The number of hydrogen-bond donors (Lipinski definition) is 0. The Labute approximate surface area is 310 Å². The Balaban J connectivity index is 1.14. The fourth-order valence-corrected chi connectivity index (χ4v) is 10.5. The molecule has 0 spiro atoms. The zero-order chi connectivity index (χ0) is 35.1. The van der Waals surface area contributed by atoms with Crippen LogP contribution < -0.4 is 4.90 Å². The van der Waals surface area contributed by atoms with Crippen molar-refractivity contribution in [2.75, 3.05) is 4.90 Å². The van der Waals surface area contributed by atoms with Gasteiger partial charge in [-0.25, -0.2) is 0 Å². The summed E-state index contributed by atoms with van der Waals surface area (Å²) in [5.41, 5.74) is 14.6. The van der Waals surface area contributed by atoms with Crippen molar-refractivity contribution in [3.8, 4) is 5.69 Å². The third kappa shape index (κ3) is 4.62. The molecule has 0 saturated heterocycles. The van der Waals surface area contributed by atoms with Crippen LogP contribution in [0.15, 0.2) is 140 Å². The maximum atomic E-state index is 4.01. The van der Waals surface area contributed by atoms with Crippen molar-refractivity contribution in [2.45, 2.75) is 51.5 Å². The Morgan fingerprint density at radius 3 is 2.38 bits per heavy atom. The summed E-state index contributed by atoms with van der Waals surface area (Å²) in [6.07, 6.45) is 15.0. The van der Waals surface area contributed by atoms with Crippen molar-refractivity contribution in [1.82, 2.24) is 4.57 Å². The van der Waals surface area contributed by atoms with Crippen LogP contribution in [0.25, 0.3) is 54.5 Å². The van der Waals surface area contributed by atoms with E-state index in [2.05, 4.69) is 170 Å². The maximum absolute atomic E-state index is 4.01. The molecule has 5 aromatic carbocycles. The lowest BCUT2D eigenvalue weighted by molar-refractivity contribution is 0.462. The summed E-state index contributed by atoms with van der Waals surface area (Å²) in [6, 6.07) is 40.9. The Hall–Kier alpha value is -5.38. The Morgan fingerprint density at radius 2 is 1.56 bits per heavy atom. The third-order valence-corrected chi connectivity index (χ3v) is 13.5. The van der Waals surface area contributed by atoms with Crippen LogP contribution >= 0.6 is 11.3 Å². The number of allylic oxidation sites excluding steroid dienone is 5. The van der Waals surface area contributed by atoms with Crippen molar-refractivity contribution < 1.29 is 0 Å². The lowest BCUT2D eigenvalue weighted by Crippen LogP contribution is -2.36. The fraction of sp³-hybridized carbons (Fsp3) is 0.184. The minimum Gasteiger partial charge on any atom is -0.338 e. The zero-order valence-corrected chi connectivity index (χ0v) is 30.9. The summed E-state index contributed by atoms with van der Waals surface area (Å²) in [6.45, 7) is 11.2. The minimum absolute atomic E-state index is 0.0275. The van der Waals surface area contributed by atoms with E-state index in [0.29, 0.717) is 12.0 Å². The summed E-state index contributed by atoms with van der Waals surface area (Å²) in [4.78, 5) is 2.57. The maximum Gasteiger partial charge on any atom is 0.0542 e. The van der Waals surface area contributed by atoms with Crippen LogP contribution in [0.3, 0.4) is 0 Å². The first-order chi connectivity index (χ1) is 25.4. The topological polar surface area (TPSA) is 8.17 Å². The minimum atomic E-state index is -0.0275. The quantitative estimate of drug-likeness (QED) is 0.175. The van der Waals surface area contributed by atoms with Crippen LogP contribution in [0.2, 0.25) is 0 Å². The lowest BCUT2D eigenvalue weighted by Gasteiger charge is -2.31. The van der Waals surface area contributed by atoms with Crippen molar-refractivity contribution in [1.29, 1.82) is 0 Å². The molecular formula is C49H42N2S. The van der Waals surface area contributed by atoms with Gasteiger partial charge >= 0.3 is 0 Å². The van der Waals surface area contributed by atoms with E-state index in [0.717, 1.165) is 24.8 Å². The van der Waals surface area contributed by atoms with Gasteiger partial charge in [-0.3, -0.25) is 0 Å². The van der Waals surface area contributed by atoms with Crippen molar-refractivity contribution in [2.24, 2.45) is 5.92 Å². The summed E-state index contributed by atoms with van der Waals surface area (Å²) >= 11 is 1.93. The van der Waals surface area contributed by atoms with Gasteiger partial charge in [0.05, 0.1) is 5.52 Å². The van der Waals surface area contributed by atoms with Crippen LogP contribution in [0.1, 0.15) is 61.6 Å². The standard InChI is InChI=1S/C49H42N2S/c1-5-32-22-25-35(26-23-32)51-44-27-24-33(36-16-9-10-17-37(36)39-19-13-20-40-38-18-11-12-21-47(38)52-48(39)40)28-41(44)42-29-46-43(30-45(42)51)49(3,4)31(2)50(46)34-14-7-6-8-15-34/h5-8,11-27,29-31,33H,1,9-10,28H2,2-4H3. The molecule has 10 rings (SSSR count). The molecule has 254 valence electrons. The molecule has 0 amide bonds. The molecule has 52 heavy (non-hydrogen) atoms. The van der Waals surface area contributed by atoms with Gasteiger partial charge in [-0.1, -0.05) is 111 Å². The largest absolute Gasteiger partial charge is 0.338 e. The average Bonchev–Trinajstić information content (AvgIpc) is 3.79. The van der Waals surface area contributed by atoms with E-state index in [9.17, 15) is 0 Å². The number of anilines is 2. The summed E-state index contributed by atoms with van der Waals surface area (Å²) in [5.74, 6) is 0.291. The van der Waals surface area contributed by atoms with Crippen LogP contribution in [0.5, 0.6) is 0 Å². The van der Waals surface area contributed by atoms with E-state index < -0.39 is 0 Å². The third-order valence-electron chi connectivity index (χ3n) is 12.2. The number of fused-ring (bicyclic) bond motifs is 7. The van der Waals surface area contributed by atoms with Gasteiger partial charge in [0, 0.05) is 65.7 Å². The number of benzene rings is 5. The van der Waals surface area contributed by atoms with E-state index in [1.165, 1.54) is 81.7 Å². The highest BCUT2D eigenvalue weighted by Gasteiger charge is 2.43. The molecule has 2 aromatic heterocycles. The van der Waals surface area contributed by atoms with Crippen LogP contribution in [-0.2, 0) is 11.8 Å². The normalized spacial score (nSPS) is 19.2. The van der Waals surface area contributed by atoms with Crippen LogP contribution in [0.4, 0.5) is 11.4 Å². The van der Waals surface area contributed by atoms with Crippen LogP contribution in [0, 0.1) is 5.92 Å². The SMILES string of the molecule is C=Cc1ccc(-n2c3c(c4cc5c(cc42)C(C)(C)C(C)N5c2ccccc2)CC(C2=CCCC=C2c2cccc4c2sc2ccccc24)C=C3)cc1. The van der Waals surface area contributed by atoms with Crippen molar-refractivity contribution in [3.05, 3.63) is 168 Å². The number of aromatic nitrogens is 1. The molecule has 2 aliphatic carbocycles. The molecule has 3 aliphatic rings. The van der Waals surface area contributed by atoms with Gasteiger partial charge in [0.2, 0.25) is 0 Å². The molecule has 0 bridgehead atoms. The molecule has 0 N–H and O–H groups in total. The molecule has 3 heteroatoms. The van der Waals surface area contributed by atoms with Gasteiger partial charge in [-0.15, -0.1) is 11.3 Å². The molecule has 3 heterocycles. The Morgan fingerprint density at radius 1 is 0.788 bits per heavy atom. The molecular weight excluding hydrogens is 649 g/mol. The lowest BCUT2D eigenvalue weighted by atomic mass is 9.78. The van der Waals surface area contributed by atoms with Gasteiger partial charge < -0.3 is 9.47 Å². The number of para-hydroxylation sites is 1. The molecule has 0 fully saturated rings. The monoisotopic (exact) mass is 690 g/mol. The number of hydrogen-bond acceptors (Lipinski definition) is 2. The second-order valence-corrected chi connectivity index (χ2v) is 16.3. The molecule has 2 atom stereocenters. The van der Waals surface area contributed by atoms with E-state index in [1.807, 2.05) is 17.4 Å². The smallest absolute Gasteiger partial charge is 0.0542 e. The highest BCUT2D eigenvalue weighted by molar-refractivity contribution is 7.26. The molecule has 1 aliphatic heterocycles. The highest BCUT2D eigenvalue weighted by atomic mass is 32.1. The Bertz CT molecular complexity index is 2660. The fourth-order valence-electron chi connectivity index (χ4n) is 9.24. The van der Waals surface area contributed by atoms with Gasteiger partial charge in [-0.2, -0.15) is 0 Å². The zero-order valence-electron chi connectivity index (χ0n) is 30.1. The predicted octanol–water partition coefficient (Wildman–Crippen LogP) is 13.4. The first-order valence-electron chi connectivity index (χ1n) is 18.7. The van der Waals surface area contributed by atoms with Crippen molar-refractivity contribution >= 4 is 71.5 Å². The van der Waals surface area contributed by atoms with Gasteiger partial charge in [-0.05, 0) is 108 Å². The van der Waals surface area contributed by atoms with E-state index >= 15 is 0 Å². The first-order valence-corrected chi connectivity index (χ1v) is 19.5. The van der Waals surface area contributed by atoms with Gasteiger partial charge in [0.25, 0.3) is 0 Å². The first kappa shape index (κ1) is 31.4. The molecule has 0 radical (unpaired) electrons. The second kappa shape index (κ2) is 11.8. The summed E-state index contributed by atoms with van der Waals surface area (Å²) in [7, 11) is 0. The number of thiophene rings is 1. The summed E-state index contributed by atoms with van der Waals surface area (Å²) in [5, 5.41) is 4.08. The van der Waals surface area contributed by atoms with Gasteiger partial charge in [0.15, 0.2) is 0 Å². The number of rotatable bonds is 5. The highest BCUT2D eigenvalue weighted by Crippen LogP contribution is 2.52. The van der Waals surface area contributed by atoms with E-state index in [4.69, 9.17) is 0 Å². The number of nitrogens with zero attached hydrogens (tertiary/aromatic N) is 2. The molecule has 2 nitrogen and oxygen atoms in total. The molecule has 2 unspecified atom stereocenters. The Kier molecular flexibility index (Phi) is 7.14.